The Morgan fingerprint density at radius 2 is 2.38 bits per heavy atom. The molecular weight excluding hydrogens is 168 g/mol. The van der Waals surface area contributed by atoms with Gasteiger partial charge in [0.25, 0.3) is 0 Å². The highest BCUT2D eigenvalue weighted by molar-refractivity contribution is 5.68. The summed E-state index contributed by atoms with van der Waals surface area (Å²) in [5.74, 6) is 0. The lowest BCUT2D eigenvalue weighted by atomic mass is 10.0. The van der Waals surface area contributed by atoms with Gasteiger partial charge in [-0.15, -0.1) is 0 Å². The monoisotopic (exact) mass is 186 g/mol. The molecule has 1 N–H and O–H groups in total. The molecule has 1 heterocycles. The average molecular weight is 186 g/mol. The van der Waals surface area contributed by atoms with Gasteiger partial charge in [0, 0.05) is 19.1 Å². The number of carbonyl (C=O) groups excluding carboxylic acids is 1. The number of nitrogens with zero attached hydrogens (tertiary/aromatic N) is 1. The Morgan fingerprint density at radius 1 is 1.62 bits per heavy atom. The van der Waals surface area contributed by atoms with E-state index in [4.69, 9.17) is 4.74 Å². The number of hydrogen-bond donors (Lipinski definition) is 1. The van der Waals surface area contributed by atoms with E-state index in [1.165, 1.54) is 13.5 Å². The van der Waals surface area contributed by atoms with Crippen molar-refractivity contribution < 1.29 is 9.53 Å². The van der Waals surface area contributed by atoms with Crippen molar-refractivity contribution in [3.8, 4) is 0 Å². The van der Waals surface area contributed by atoms with Gasteiger partial charge in [-0.2, -0.15) is 0 Å². The predicted molar refractivity (Wildman–Crippen MR) is 50.7 cm³/mol. The molecule has 0 radical (unpaired) electrons. The Morgan fingerprint density at radius 3 is 3.00 bits per heavy atom. The molecule has 4 nitrogen and oxygen atoms in total. The van der Waals surface area contributed by atoms with Gasteiger partial charge < -0.3 is 15.0 Å². The van der Waals surface area contributed by atoms with E-state index >= 15 is 0 Å². The molecule has 1 aliphatic heterocycles. The molecule has 76 valence electrons. The fraction of sp³-hybridized carbons (Fsp3) is 0.889. The molecular formula is C9H18N2O2. The molecule has 1 atom stereocenters. The average Bonchev–Trinajstić information content (AvgIpc) is 2.18. The fourth-order valence-electron chi connectivity index (χ4n) is 1.81. The van der Waals surface area contributed by atoms with E-state index in [9.17, 15) is 4.79 Å². The maximum atomic E-state index is 11.3. The Kier molecular flexibility index (Phi) is 4.02. The van der Waals surface area contributed by atoms with Crippen LogP contribution in [-0.2, 0) is 4.74 Å². The number of likely N-dealkylation sites (N-methyl/N-ethyl adjacent to an activating group) is 1. The van der Waals surface area contributed by atoms with Gasteiger partial charge in [0.15, 0.2) is 0 Å². The second kappa shape index (κ2) is 5.07. The van der Waals surface area contributed by atoms with Gasteiger partial charge in [0.05, 0.1) is 7.11 Å². The SMILES string of the molecule is CNCC1CCCCN1C(=O)OC. The third-order valence-electron chi connectivity index (χ3n) is 2.48. The van der Waals surface area contributed by atoms with E-state index in [1.54, 1.807) is 0 Å². The maximum absolute atomic E-state index is 11.3. The third-order valence-corrected chi connectivity index (χ3v) is 2.48. The number of amides is 1. The fourth-order valence-corrected chi connectivity index (χ4v) is 1.81. The molecule has 0 aromatic rings. The molecule has 0 aromatic carbocycles. The van der Waals surface area contributed by atoms with Crippen LogP contribution < -0.4 is 5.32 Å². The summed E-state index contributed by atoms with van der Waals surface area (Å²) in [6.45, 7) is 1.69. The van der Waals surface area contributed by atoms with Crippen molar-refractivity contribution in [2.45, 2.75) is 25.3 Å². The van der Waals surface area contributed by atoms with Crippen LogP contribution in [0.5, 0.6) is 0 Å². The summed E-state index contributed by atoms with van der Waals surface area (Å²) in [5, 5.41) is 3.10. The van der Waals surface area contributed by atoms with Crippen molar-refractivity contribution >= 4 is 6.09 Å². The molecule has 0 spiro atoms. The number of rotatable bonds is 2. The van der Waals surface area contributed by atoms with Crippen LogP contribution in [0.4, 0.5) is 4.79 Å². The number of hydrogen-bond acceptors (Lipinski definition) is 3. The maximum Gasteiger partial charge on any atom is 0.409 e. The van der Waals surface area contributed by atoms with Crippen molar-refractivity contribution in [2.24, 2.45) is 0 Å². The minimum absolute atomic E-state index is 0.194. The molecule has 0 saturated carbocycles. The molecule has 1 unspecified atom stereocenters. The number of carbonyl (C=O) groups is 1. The number of likely N-dealkylation sites (tertiary alicyclic amines) is 1. The van der Waals surface area contributed by atoms with Crippen LogP contribution in [0.3, 0.4) is 0 Å². The zero-order valence-electron chi connectivity index (χ0n) is 8.38. The molecule has 1 fully saturated rings. The summed E-state index contributed by atoms with van der Waals surface area (Å²) >= 11 is 0. The number of nitrogens with one attached hydrogen (secondary N) is 1. The van der Waals surface area contributed by atoms with E-state index in [-0.39, 0.29) is 6.09 Å². The minimum Gasteiger partial charge on any atom is -0.453 e. The predicted octanol–water partition coefficient (Wildman–Crippen LogP) is 0.827. The zero-order valence-corrected chi connectivity index (χ0v) is 8.38. The molecule has 1 rings (SSSR count). The van der Waals surface area contributed by atoms with Gasteiger partial charge in [-0.1, -0.05) is 0 Å². The lowest BCUT2D eigenvalue weighted by molar-refractivity contribution is 0.0898. The molecule has 1 amide bonds. The third kappa shape index (κ3) is 2.59. The largest absolute Gasteiger partial charge is 0.453 e. The summed E-state index contributed by atoms with van der Waals surface area (Å²) in [5.41, 5.74) is 0. The van der Waals surface area contributed by atoms with Crippen molar-refractivity contribution in [1.29, 1.82) is 0 Å². The summed E-state index contributed by atoms with van der Waals surface area (Å²) in [7, 11) is 3.34. The van der Waals surface area contributed by atoms with Crippen molar-refractivity contribution in [1.82, 2.24) is 10.2 Å². The van der Waals surface area contributed by atoms with Crippen LogP contribution >= 0.6 is 0 Å². The summed E-state index contributed by atoms with van der Waals surface area (Å²) in [6, 6.07) is 0.311. The van der Waals surface area contributed by atoms with Gasteiger partial charge in [-0.3, -0.25) is 0 Å². The molecule has 0 aliphatic carbocycles. The lowest BCUT2D eigenvalue weighted by Gasteiger charge is -2.34. The Labute approximate surface area is 79.2 Å². The molecule has 13 heavy (non-hydrogen) atoms. The summed E-state index contributed by atoms with van der Waals surface area (Å²) in [6.07, 6.45) is 3.19. The smallest absolute Gasteiger partial charge is 0.409 e. The topological polar surface area (TPSA) is 41.6 Å². The van der Waals surface area contributed by atoms with Crippen molar-refractivity contribution in [3.05, 3.63) is 0 Å². The minimum atomic E-state index is -0.194. The highest BCUT2D eigenvalue weighted by atomic mass is 16.5. The summed E-state index contributed by atoms with van der Waals surface area (Å²) < 4.78 is 4.73. The standard InChI is InChI=1S/C9H18N2O2/c1-10-7-8-5-3-4-6-11(8)9(12)13-2/h8,10H,3-7H2,1-2H3. The van der Waals surface area contributed by atoms with Crippen LogP contribution in [0.25, 0.3) is 0 Å². The molecule has 4 heteroatoms. The van der Waals surface area contributed by atoms with E-state index < -0.39 is 0 Å². The van der Waals surface area contributed by atoms with Crippen molar-refractivity contribution in [2.75, 3.05) is 27.2 Å². The molecule has 0 bridgehead atoms. The lowest BCUT2D eigenvalue weighted by Crippen LogP contribution is -2.47. The quantitative estimate of drug-likeness (QED) is 0.694. The number of piperidine rings is 1. The Balaban J connectivity index is 2.50. The van der Waals surface area contributed by atoms with E-state index in [2.05, 4.69) is 5.32 Å². The van der Waals surface area contributed by atoms with Gasteiger partial charge >= 0.3 is 6.09 Å². The first-order valence-electron chi connectivity index (χ1n) is 4.78. The highest BCUT2D eigenvalue weighted by Crippen LogP contribution is 2.16. The van der Waals surface area contributed by atoms with Crippen LogP contribution in [-0.4, -0.2) is 44.3 Å². The Bertz CT molecular complexity index is 171. The molecule has 1 aliphatic rings. The van der Waals surface area contributed by atoms with Crippen LogP contribution in [0, 0.1) is 0 Å². The van der Waals surface area contributed by atoms with Crippen LogP contribution in [0.1, 0.15) is 19.3 Å². The van der Waals surface area contributed by atoms with Crippen LogP contribution in [0.2, 0.25) is 0 Å². The highest BCUT2D eigenvalue weighted by Gasteiger charge is 2.26. The van der Waals surface area contributed by atoms with E-state index in [1.807, 2.05) is 11.9 Å². The van der Waals surface area contributed by atoms with Gasteiger partial charge in [0.2, 0.25) is 0 Å². The molecule has 0 aromatic heterocycles. The first kappa shape index (κ1) is 10.3. The second-order valence-electron chi connectivity index (χ2n) is 3.37. The van der Waals surface area contributed by atoms with E-state index in [0.29, 0.717) is 6.04 Å². The second-order valence-corrected chi connectivity index (χ2v) is 3.37. The normalized spacial score (nSPS) is 22.9. The van der Waals surface area contributed by atoms with Gasteiger partial charge in [0.1, 0.15) is 0 Å². The van der Waals surface area contributed by atoms with Crippen LogP contribution in [0.15, 0.2) is 0 Å². The number of methoxy groups -OCH3 is 1. The zero-order chi connectivity index (χ0) is 9.68. The molecule has 1 saturated heterocycles. The summed E-state index contributed by atoms with van der Waals surface area (Å²) in [4.78, 5) is 13.1. The van der Waals surface area contributed by atoms with Gasteiger partial charge in [-0.25, -0.2) is 4.79 Å². The van der Waals surface area contributed by atoms with Crippen molar-refractivity contribution in [3.63, 3.8) is 0 Å². The Hall–Kier alpha value is -0.770. The first-order chi connectivity index (χ1) is 6.29. The van der Waals surface area contributed by atoms with Gasteiger partial charge in [-0.05, 0) is 26.3 Å². The number of ether oxygens (including phenoxy) is 1. The first-order valence-corrected chi connectivity index (χ1v) is 4.78. The van der Waals surface area contributed by atoms with E-state index in [0.717, 1.165) is 25.9 Å².